The van der Waals surface area contributed by atoms with E-state index in [0.717, 1.165) is 12.8 Å². The number of hydrogen-bond acceptors (Lipinski definition) is 4. The van der Waals surface area contributed by atoms with Gasteiger partial charge >= 0.3 is 0 Å². The van der Waals surface area contributed by atoms with Crippen LogP contribution in [0.4, 0.5) is 0 Å². The van der Waals surface area contributed by atoms with Gasteiger partial charge in [-0.25, -0.2) is 0 Å². The highest BCUT2D eigenvalue weighted by Gasteiger charge is 2.45. The average Bonchev–Trinajstić information content (AvgIpc) is 2.50. The van der Waals surface area contributed by atoms with Gasteiger partial charge in [0.25, 0.3) is 0 Å². The molecule has 2 rings (SSSR count). The number of fused-ring (bicyclic) bond motifs is 1. The second-order valence-corrected chi connectivity index (χ2v) is 4.06. The van der Waals surface area contributed by atoms with Gasteiger partial charge in [0.15, 0.2) is 6.29 Å². The van der Waals surface area contributed by atoms with Crippen LogP contribution in [0.1, 0.15) is 12.8 Å². The van der Waals surface area contributed by atoms with Gasteiger partial charge in [0, 0.05) is 24.4 Å². The van der Waals surface area contributed by atoms with Gasteiger partial charge < -0.3 is 20.1 Å². The van der Waals surface area contributed by atoms with Crippen LogP contribution >= 0.6 is 0 Å². The minimum Gasteiger partial charge on any atom is -0.396 e. The topological polar surface area (TPSA) is 69.9 Å². The number of aliphatic hydroxyl groups is 3. The van der Waals surface area contributed by atoms with Crippen molar-refractivity contribution in [2.24, 2.45) is 17.8 Å². The summed E-state index contributed by atoms with van der Waals surface area (Å²) in [5.41, 5.74) is 0. The van der Waals surface area contributed by atoms with Crippen molar-refractivity contribution in [2.45, 2.75) is 25.2 Å². The van der Waals surface area contributed by atoms with Crippen LogP contribution in [0.3, 0.4) is 0 Å². The molecule has 0 bridgehead atoms. The molecule has 4 nitrogen and oxygen atoms in total. The van der Waals surface area contributed by atoms with Crippen LogP contribution in [0.2, 0.25) is 0 Å². The summed E-state index contributed by atoms with van der Waals surface area (Å²) in [6.45, 7) is 0.448. The lowest BCUT2D eigenvalue weighted by molar-refractivity contribution is -0.0910. The van der Waals surface area contributed by atoms with Gasteiger partial charge in [0.2, 0.25) is 0 Å². The number of hydrogen-bond donors (Lipinski definition) is 3. The molecule has 1 aliphatic heterocycles. The van der Waals surface area contributed by atoms with E-state index >= 15 is 0 Å². The molecular weight excluding hydrogens is 172 g/mol. The van der Waals surface area contributed by atoms with Crippen molar-refractivity contribution in [1.29, 1.82) is 0 Å². The predicted molar refractivity (Wildman–Crippen MR) is 44.8 cm³/mol. The molecule has 0 radical (unpaired) electrons. The lowest BCUT2D eigenvalue weighted by Gasteiger charge is -2.35. The van der Waals surface area contributed by atoms with Gasteiger partial charge in [-0.3, -0.25) is 0 Å². The summed E-state index contributed by atoms with van der Waals surface area (Å²) in [4.78, 5) is 0. The first-order chi connectivity index (χ1) is 6.24. The highest BCUT2D eigenvalue weighted by molar-refractivity contribution is 4.91. The van der Waals surface area contributed by atoms with Crippen LogP contribution in [-0.2, 0) is 4.74 Å². The molecule has 2 fully saturated rings. The van der Waals surface area contributed by atoms with Gasteiger partial charge in [-0.1, -0.05) is 0 Å². The minimum atomic E-state index is -0.709. The Kier molecular flexibility index (Phi) is 2.55. The molecular formula is C9H16O4. The third kappa shape index (κ3) is 1.48. The summed E-state index contributed by atoms with van der Waals surface area (Å²) in [7, 11) is 0. The molecule has 0 aromatic carbocycles. The summed E-state index contributed by atoms with van der Waals surface area (Å²) in [5.74, 6) is 0.0499. The zero-order valence-electron chi connectivity index (χ0n) is 7.47. The SMILES string of the molecule is OC[C@H]1CC[C@H]2C(O)OC[C@H]2[C@@H]1O. The van der Waals surface area contributed by atoms with Crippen molar-refractivity contribution < 1.29 is 20.1 Å². The van der Waals surface area contributed by atoms with Crippen LogP contribution < -0.4 is 0 Å². The standard InChI is InChI=1S/C9H16O4/c10-3-5-1-2-6-7(8(5)11)4-13-9(6)12/h5-12H,1-4H2/t5-,6-,7-,8-,9?/m1/s1. The van der Waals surface area contributed by atoms with E-state index < -0.39 is 12.4 Å². The Hall–Kier alpha value is -0.160. The van der Waals surface area contributed by atoms with E-state index in [2.05, 4.69) is 0 Å². The second-order valence-electron chi connectivity index (χ2n) is 4.06. The molecule has 1 heterocycles. The second kappa shape index (κ2) is 3.53. The number of aliphatic hydroxyl groups excluding tert-OH is 3. The van der Waals surface area contributed by atoms with Crippen LogP contribution in [0, 0.1) is 17.8 Å². The molecule has 76 valence electrons. The van der Waals surface area contributed by atoms with Crippen LogP contribution in [0.25, 0.3) is 0 Å². The monoisotopic (exact) mass is 188 g/mol. The molecule has 3 N–H and O–H groups in total. The molecule has 1 unspecified atom stereocenters. The van der Waals surface area contributed by atoms with E-state index in [-0.39, 0.29) is 24.4 Å². The van der Waals surface area contributed by atoms with Crippen LogP contribution in [-0.4, -0.2) is 40.9 Å². The Balaban J connectivity index is 2.05. The van der Waals surface area contributed by atoms with Crippen LogP contribution in [0.5, 0.6) is 0 Å². The van der Waals surface area contributed by atoms with E-state index in [1.54, 1.807) is 0 Å². The molecule has 4 heteroatoms. The summed E-state index contributed by atoms with van der Waals surface area (Å²) in [6.07, 6.45) is 0.396. The lowest BCUT2D eigenvalue weighted by Crippen LogP contribution is -2.41. The largest absolute Gasteiger partial charge is 0.396 e. The average molecular weight is 188 g/mol. The van der Waals surface area contributed by atoms with Crippen molar-refractivity contribution in [3.05, 3.63) is 0 Å². The molecule has 1 saturated carbocycles. The molecule has 1 aliphatic carbocycles. The van der Waals surface area contributed by atoms with Gasteiger partial charge in [-0.2, -0.15) is 0 Å². The van der Waals surface area contributed by atoms with Crippen molar-refractivity contribution in [2.75, 3.05) is 13.2 Å². The predicted octanol–water partition coefficient (Wildman–Crippen LogP) is -0.669. The Morgan fingerprint density at radius 3 is 2.62 bits per heavy atom. The quantitative estimate of drug-likeness (QED) is 0.510. The maximum atomic E-state index is 9.81. The number of ether oxygens (including phenoxy) is 1. The Bertz CT molecular complexity index is 184. The fourth-order valence-corrected chi connectivity index (χ4v) is 2.50. The van der Waals surface area contributed by atoms with Gasteiger partial charge in [-0.05, 0) is 12.8 Å². The van der Waals surface area contributed by atoms with Crippen LogP contribution in [0.15, 0.2) is 0 Å². The Morgan fingerprint density at radius 2 is 1.92 bits per heavy atom. The summed E-state index contributed by atoms with van der Waals surface area (Å²) in [6, 6.07) is 0. The Labute approximate surface area is 77.1 Å². The maximum Gasteiger partial charge on any atom is 0.157 e. The zero-order chi connectivity index (χ0) is 9.42. The molecule has 2 aliphatic rings. The highest BCUT2D eigenvalue weighted by Crippen LogP contribution is 2.40. The molecule has 13 heavy (non-hydrogen) atoms. The molecule has 1 saturated heterocycles. The van der Waals surface area contributed by atoms with Crippen molar-refractivity contribution in [3.63, 3.8) is 0 Å². The number of rotatable bonds is 1. The fourth-order valence-electron chi connectivity index (χ4n) is 2.50. The zero-order valence-corrected chi connectivity index (χ0v) is 7.47. The van der Waals surface area contributed by atoms with E-state index in [4.69, 9.17) is 9.84 Å². The molecule has 0 aromatic rings. The van der Waals surface area contributed by atoms with Gasteiger partial charge in [0.1, 0.15) is 0 Å². The summed E-state index contributed by atoms with van der Waals surface area (Å²) >= 11 is 0. The normalized spacial score (nSPS) is 50.5. The van der Waals surface area contributed by atoms with Crippen molar-refractivity contribution in [3.8, 4) is 0 Å². The highest BCUT2D eigenvalue weighted by atomic mass is 16.6. The van der Waals surface area contributed by atoms with E-state index in [1.165, 1.54) is 0 Å². The fraction of sp³-hybridized carbons (Fsp3) is 1.00. The summed E-state index contributed by atoms with van der Waals surface area (Å²) < 4.78 is 5.08. The Morgan fingerprint density at radius 1 is 1.15 bits per heavy atom. The van der Waals surface area contributed by atoms with E-state index in [1.807, 2.05) is 0 Å². The smallest absolute Gasteiger partial charge is 0.157 e. The third-order valence-electron chi connectivity index (χ3n) is 3.40. The van der Waals surface area contributed by atoms with Gasteiger partial charge in [-0.15, -0.1) is 0 Å². The van der Waals surface area contributed by atoms with E-state index in [9.17, 15) is 10.2 Å². The first-order valence-corrected chi connectivity index (χ1v) is 4.82. The van der Waals surface area contributed by atoms with Crippen molar-refractivity contribution in [1.82, 2.24) is 0 Å². The first-order valence-electron chi connectivity index (χ1n) is 4.82. The first kappa shape index (κ1) is 9.40. The van der Waals surface area contributed by atoms with Crippen molar-refractivity contribution >= 4 is 0 Å². The minimum absolute atomic E-state index is 0.0147. The molecule has 0 aromatic heterocycles. The maximum absolute atomic E-state index is 9.81. The molecule has 0 spiro atoms. The lowest BCUT2D eigenvalue weighted by atomic mass is 9.73. The van der Waals surface area contributed by atoms with Gasteiger partial charge in [0.05, 0.1) is 12.7 Å². The van der Waals surface area contributed by atoms with E-state index in [0.29, 0.717) is 6.61 Å². The molecule has 0 amide bonds. The summed E-state index contributed by atoms with van der Waals surface area (Å²) in [5, 5.41) is 28.2. The molecule has 5 atom stereocenters. The third-order valence-corrected chi connectivity index (χ3v) is 3.40.